The number of rotatable bonds is 3. The van der Waals surface area contributed by atoms with E-state index in [1.165, 1.54) is 5.56 Å². The van der Waals surface area contributed by atoms with E-state index in [9.17, 15) is 4.79 Å². The smallest absolute Gasteiger partial charge is 0.254 e. The molecule has 0 radical (unpaired) electrons. The van der Waals surface area contributed by atoms with Crippen molar-refractivity contribution in [3.8, 4) is 5.75 Å². The van der Waals surface area contributed by atoms with Crippen LogP contribution in [0.25, 0.3) is 0 Å². The zero-order valence-electron chi connectivity index (χ0n) is 13.0. The molecule has 1 aliphatic rings. The Morgan fingerprint density at radius 3 is 2.57 bits per heavy atom. The Balaban J connectivity index is 0.00000192. The van der Waals surface area contributed by atoms with E-state index in [-0.39, 0.29) is 30.3 Å². The second-order valence-corrected chi connectivity index (χ2v) is 5.62. The van der Waals surface area contributed by atoms with E-state index in [0.29, 0.717) is 24.4 Å². The maximum Gasteiger partial charge on any atom is 0.254 e. The van der Waals surface area contributed by atoms with Crippen LogP contribution in [-0.2, 0) is 0 Å². The SMILES string of the molecule is COc1cccc(C(=O)N2C[C@@H](N)[C@H](c3ccccc3)C2)c1.Cl. The highest BCUT2D eigenvalue weighted by molar-refractivity contribution is 5.95. The average molecular weight is 333 g/mol. The van der Waals surface area contributed by atoms with Crippen LogP contribution in [0.2, 0.25) is 0 Å². The number of benzene rings is 2. The molecule has 2 N–H and O–H groups in total. The standard InChI is InChI=1S/C18H20N2O2.ClH/c1-22-15-9-5-8-14(10-15)18(21)20-11-16(17(19)12-20)13-6-3-2-4-7-13;/h2-10,16-17H,11-12,19H2,1H3;1H/t16-,17+;/m0./s1. The first kappa shape index (κ1) is 17.3. The Labute approximate surface area is 142 Å². The summed E-state index contributed by atoms with van der Waals surface area (Å²) >= 11 is 0. The van der Waals surface area contributed by atoms with Crippen molar-refractivity contribution in [1.82, 2.24) is 4.90 Å². The van der Waals surface area contributed by atoms with E-state index in [0.717, 1.165) is 0 Å². The predicted octanol–water partition coefficient (Wildman–Crippen LogP) is 2.68. The summed E-state index contributed by atoms with van der Waals surface area (Å²) in [4.78, 5) is 14.5. The van der Waals surface area contributed by atoms with E-state index < -0.39 is 0 Å². The van der Waals surface area contributed by atoms with Gasteiger partial charge >= 0.3 is 0 Å². The summed E-state index contributed by atoms with van der Waals surface area (Å²) in [6, 6.07) is 17.4. The van der Waals surface area contributed by atoms with Gasteiger partial charge in [0.05, 0.1) is 7.11 Å². The molecule has 5 heteroatoms. The van der Waals surface area contributed by atoms with Crippen molar-refractivity contribution in [2.45, 2.75) is 12.0 Å². The van der Waals surface area contributed by atoms with Gasteiger partial charge in [0.15, 0.2) is 0 Å². The molecule has 0 bridgehead atoms. The number of hydrogen-bond donors (Lipinski definition) is 1. The Hall–Kier alpha value is -2.04. The summed E-state index contributed by atoms with van der Waals surface area (Å²) in [5, 5.41) is 0. The zero-order chi connectivity index (χ0) is 15.5. The van der Waals surface area contributed by atoms with E-state index in [4.69, 9.17) is 10.5 Å². The van der Waals surface area contributed by atoms with Crippen LogP contribution in [-0.4, -0.2) is 37.0 Å². The topological polar surface area (TPSA) is 55.6 Å². The summed E-state index contributed by atoms with van der Waals surface area (Å²) in [7, 11) is 1.60. The van der Waals surface area contributed by atoms with Gasteiger partial charge in [-0.2, -0.15) is 0 Å². The maximum atomic E-state index is 12.7. The summed E-state index contributed by atoms with van der Waals surface area (Å²) in [5.41, 5.74) is 8.08. The van der Waals surface area contributed by atoms with Gasteiger partial charge < -0.3 is 15.4 Å². The van der Waals surface area contributed by atoms with Crippen molar-refractivity contribution in [1.29, 1.82) is 0 Å². The molecule has 2 aromatic rings. The minimum atomic E-state index is -0.0306. The van der Waals surface area contributed by atoms with E-state index in [2.05, 4.69) is 12.1 Å². The van der Waals surface area contributed by atoms with Crippen molar-refractivity contribution < 1.29 is 9.53 Å². The molecule has 1 amide bonds. The van der Waals surface area contributed by atoms with Crippen molar-refractivity contribution in [3.63, 3.8) is 0 Å². The van der Waals surface area contributed by atoms with Crippen LogP contribution >= 0.6 is 12.4 Å². The van der Waals surface area contributed by atoms with Crippen molar-refractivity contribution in [2.24, 2.45) is 5.73 Å². The first-order valence-electron chi connectivity index (χ1n) is 7.43. The minimum absolute atomic E-state index is 0. The Bertz CT molecular complexity index is 663. The molecule has 0 aliphatic carbocycles. The number of methoxy groups -OCH3 is 1. The molecule has 2 atom stereocenters. The van der Waals surface area contributed by atoms with Gasteiger partial charge in [-0.3, -0.25) is 4.79 Å². The Morgan fingerprint density at radius 1 is 1.13 bits per heavy atom. The number of amides is 1. The highest BCUT2D eigenvalue weighted by atomic mass is 35.5. The molecule has 3 rings (SSSR count). The van der Waals surface area contributed by atoms with Gasteiger partial charge in [-0.25, -0.2) is 0 Å². The van der Waals surface area contributed by atoms with Crippen LogP contribution in [0.4, 0.5) is 0 Å². The third-order valence-electron chi connectivity index (χ3n) is 4.20. The van der Waals surface area contributed by atoms with E-state index >= 15 is 0 Å². The van der Waals surface area contributed by atoms with Gasteiger partial charge in [0, 0.05) is 30.6 Å². The number of ether oxygens (including phenoxy) is 1. The molecular formula is C18H21ClN2O2. The Kier molecular flexibility index (Phi) is 5.64. The molecule has 4 nitrogen and oxygen atoms in total. The average Bonchev–Trinajstić information content (AvgIpc) is 2.97. The molecule has 1 saturated heterocycles. The normalized spacial score (nSPS) is 20.0. The van der Waals surface area contributed by atoms with Gasteiger partial charge in [0.25, 0.3) is 5.91 Å². The lowest BCUT2D eigenvalue weighted by molar-refractivity contribution is 0.0789. The summed E-state index contributed by atoms with van der Waals surface area (Å²) < 4.78 is 5.18. The van der Waals surface area contributed by atoms with Crippen LogP contribution < -0.4 is 10.5 Å². The first-order chi connectivity index (χ1) is 10.7. The van der Waals surface area contributed by atoms with Crippen LogP contribution in [0.5, 0.6) is 5.75 Å². The molecule has 1 aliphatic heterocycles. The molecule has 0 unspecified atom stereocenters. The number of likely N-dealkylation sites (tertiary alicyclic amines) is 1. The van der Waals surface area contributed by atoms with Crippen LogP contribution in [0.3, 0.4) is 0 Å². The van der Waals surface area contributed by atoms with E-state index in [1.807, 2.05) is 41.3 Å². The summed E-state index contributed by atoms with van der Waals surface area (Å²) in [6.07, 6.45) is 0. The van der Waals surface area contributed by atoms with Crippen LogP contribution in [0, 0.1) is 0 Å². The molecule has 23 heavy (non-hydrogen) atoms. The fourth-order valence-corrected chi connectivity index (χ4v) is 2.99. The van der Waals surface area contributed by atoms with E-state index in [1.54, 1.807) is 13.2 Å². The van der Waals surface area contributed by atoms with Gasteiger partial charge in [-0.1, -0.05) is 36.4 Å². The largest absolute Gasteiger partial charge is 0.497 e. The van der Waals surface area contributed by atoms with Crippen molar-refractivity contribution >= 4 is 18.3 Å². The predicted molar refractivity (Wildman–Crippen MR) is 93.3 cm³/mol. The number of hydrogen-bond acceptors (Lipinski definition) is 3. The molecule has 2 aromatic carbocycles. The fraction of sp³-hybridized carbons (Fsp3) is 0.278. The Morgan fingerprint density at radius 2 is 1.87 bits per heavy atom. The minimum Gasteiger partial charge on any atom is -0.497 e. The van der Waals surface area contributed by atoms with Crippen LogP contribution in [0.15, 0.2) is 54.6 Å². The molecule has 0 aromatic heterocycles. The quantitative estimate of drug-likeness (QED) is 0.940. The molecule has 0 spiro atoms. The van der Waals surface area contributed by atoms with Gasteiger partial charge in [-0.15, -0.1) is 12.4 Å². The number of nitrogens with two attached hydrogens (primary N) is 1. The molecule has 122 valence electrons. The van der Waals surface area contributed by atoms with Crippen molar-refractivity contribution in [3.05, 3.63) is 65.7 Å². The molecule has 1 fully saturated rings. The third-order valence-corrected chi connectivity index (χ3v) is 4.20. The number of nitrogens with zero attached hydrogens (tertiary/aromatic N) is 1. The fourth-order valence-electron chi connectivity index (χ4n) is 2.99. The first-order valence-corrected chi connectivity index (χ1v) is 7.43. The summed E-state index contributed by atoms with van der Waals surface area (Å²) in [6.45, 7) is 1.23. The highest BCUT2D eigenvalue weighted by Crippen LogP contribution is 2.27. The summed E-state index contributed by atoms with van der Waals surface area (Å²) in [5.74, 6) is 0.887. The number of carbonyl (C=O) groups excluding carboxylic acids is 1. The molecular weight excluding hydrogens is 312 g/mol. The number of halogens is 1. The monoisotopic (exact) mass is 332 g/mol. The lowest BCUT2D eigenvalue weighted by atomic mass is 9.95. The number of carbonyl (C=O) groups is 1. The zero-order valence-corrected chi connectivity index (χ0v) is 13.8. The van der Waals surface area contributed by atoms with Gasteiger partial charge in [0.1, 0.15) is 5.75 Å². The van der Waals surface area contributed by atoms with Gasteiger partial charge in [0.2, 0.25) is 0 Å². The maximum absolute atomic E-state index is 12.7. The van der Waals surface area contributed by atoms with Crippen LogP contribution in [0.1, 0.15) is 21.8 Å². The van der Waals surface area contributed by atoms with Crippen molar-refractivity contribution in [2.75, 3.05) is 20.2 Å². The second-order valence-electron chi connectivity index (χ2n) is 5.62. The lowest BCUT2D eigenvalue weighted by Crippen LogP contribution is -2.32. The second kappa shape index (κ2) is 7.49. The third kappa shape index (κ3) is 3.66. The highest BCUT2D eigenvalue weighted by Gasteiger charge is 2.34. The lowest BCUT2D eigenvalue weighted by Gasteiger charge is -2.17. The molecule has 1 heterocycles. The molecule has 0 saturated carbocycles. The van der Waals surface area contributed by atoms with Gasteiger partial charge in [-0.05, 0) is 23.8 Å².